The van der Waals surface area contributed by atoms with Crippen LogP contribution in [0.5, 0.6) is 11.5 Å². The highest BCUT2D eigenvalue weighted by atomic mass is 16.5. The molecule has 4 N–H and O–H groups in total. The van der Waals surface area contributed by atoms with Crippen molar-refractivity contribution in [3.63, 3.8) is 0 Å². The number of hydrogen-bond acceptors (Lipinski definition) is 5. The quantitative estimate of drug-likeness (QED) is 0.309. The van der Waals surface area contributed by atoms with E-state index in [2.05, 4.69) is 10.5 Å². The van der Waals surface area contributed by atoms with E-state index in [0.29, 0.717) is 13.0 Å². The summed E-state index contributed by atoms with van der Waals surface area (Å²) in [6, 6.07) is 5.55. The molecule has 0 bridgehead atoms. The van der Waals surface area contributed by atoms with Crippen molar-refractivity contribution in [1.82, 2.24) is 0 Å². The molecule has 0 fully saturated rings. The van der Waals surface area contributed by atoms with Crippen LogP contribution in [-0.4, -0.2) is 31.8 Å². The monoisotopic (exact) mass is 281 g/mol. The topological polar surface area (TPSA) is 89.1 Å². The molecule has 6 nitrogen and oxygen atoms in total. The van der Waals surface area contributed by atoms with Crippen LogP contribution in [0, 0.1) is 5.41 Å². The molecule has 0 unspecified atom stereocenters. The van der Waals surface area contributed by atoms with Crippen molar-refractivity contribution < 1.29 is 14.7 Å². The SMILES string of the molecule is COc1ccc(OC)c(NCCC(C)(C)C(N)=NO)c1. The summed E-state index contributed by atoms with van der Waals surface area (Å²) in [6.45, 7) is 4.51. The molecule has 1 aromatic carbocycles. The standard InChI is InChI=1S/C14H23N3O3/c1-14(2,13(15)17-18)7-8-16-11-9-10(19-3)5-6-12(11)20-4/h5-6,9,16,18H,7-8H2,1-4H3,(H2,15,17). The minimum atomic E-state index is -0.381. The van der Waals surface area contributed by atoms with Gasteiger partial charge in [-0.15, -0.1) is 0 Å². The Labute approximate surface area is 119 Å². The maximum Gasteiger partial charge on any atom is 0.144 e. The lowest BCUT2D eigenvalue weighted by atomic mass is 9.88. The molecule has 0 atom stereocenters. The first-order valence-electron chi connectivity index (χ1n) is 6.38. The predicted octanol–water partition coefficient (Wildman–Crippen LogP) is 2.28. The van der Waals surface area contributed by atoms with E-state index in [-0.39, 0.29) is 11.3 Å². The highest BCUT2D eigenvalue weighted by Crippen LogP contribution is 2.29. The summed E-state index contributed by atoms with van der Waals surface area (Å²) in [4.78, 5) is 0. The van der Waals surface area contributed by atoms with Gasteiger partial charge in [-0.2, -0.15) is 0 Å². The van der Waals surface area contributed by atoms with Gasteiger partial charge in [0.15, 0.2) is 0 Å². The van der Waals surface area contributed by atoms with Gasteiger partial charge in [-0.25, -0.2) is 0 Å². The minimum absolute atomic E-state index is 0.219. The molecule has 0 amide bonds. The molecular formula is C14H23N3O3. The van der Waals surface area contributed by atoms with Gasteiger partial charge in [0.1, 0.15) is 17.3 Å². The van der Waals surface area contributed by atoms with Crippen LogP contribution in [0.3, 0.4) is 0 Å². The fourth-order valence-corrected chi connectivity index (χ4v) is 1.73. The van der Waals surface area contributed by atoms with Crippen LogP contribution in [0.25, 0.3) is 0 Å². The smallest absolute Gasteiger partial charge is 0.144 e. The Morgan fingerprint density at radius 3 is 2.60 bits per heavy atom. The Morgan fingerprint density at radius 2 is 2.05 bits per heavy atom. The molecule has 1 rings (SSSR count). The second-order valence-electron chi connectivity index (χ2n) is 5.11. The lowest BCUT2D eigenvalue weighted by Gasteiger charge is -2.23. The van der Waals surface area contributed by atoms with Crippen LogP contribution in [0.4, 0.5) is 5.69 Å². The van der Waals surface area contributed by atoms with Crippen LogP contribution in [-0.2, 0) is 0 Å². The van der Waals surface area contributed by atoms with Crippen LogP contribution >= 0.6 is 0 Å². The van der Waals surface area contributed by atoms with Crippen molar-refractivity contribution in [2.24, 2.45) is 16.3 Å². The van der Waals surface area contributed by atoms with Crippen LogP contribution in [0.1, 0.15) is 20.3 Å². The molecule has 0 aliphatic rings. The highest BCUT2D eigenvalue weighted by molar-refractivity contribution is 5.85. The summed E-state index contributed by atoms with van der Waals surface area (Å²) in [5.74, 6) is 1.72. The zero-order valence-electron chi connectivity index (χ0n) is 12.4. The van der Waals surface area contributed by atoms with Crippen molar-refractivity contribution in [3.8, 4) is 11.5 Å². The molecule has 0 aliphatic carbocycles. The molecule has 112 valence electrons. The Kier molecular flexibility index (Phi) is 5.49. The molecule has 0 radical (unpaired) electrons. The summed E-state index contributed by atoms with van der Waals surface area (Å²) >= 11 is 0. The lowest BCUT2D eigenvalue weighted by molar-refractivity contribution is 0.306. The van der Waals surface area contributed by atoms with Crippen LogP contribution < -0.4 is 20.5 Å². The summed E-state index contributed by atoms with van der Waals surface area (Å²) < 4.78 is 10.5. The van der Waals surface area contributed by atoms with Gasteiger partial charge in [0.25, 0.3) is 0 Å². The number of amidine groups is 1. The highest BCUT2D eigenvalue weighted by Gasteiger charge is 2.23. The zero-order chi connectivity index (χ0) is 15.2. The second kappa shape index (κ2) is 6.88. The molecule has 0 aliphatic heterocycles. The van der Waals surface area contributed by atoms with E-state index in [4.69, 9.17) is 20.4 Å². The number of anilines is 1. The third-order valence-electron chi connectivity index (χ3n) is 3.27. The van der Waals surface area contributed by atoms with E-state index < -0.39 is 0 Å². The van der Waals surface area contributed by atoms with E-state index in [9.17, 15) is 0 Å². The largest absolute Gasteiger partial charge is 0.497 e. The number of nitrogens with zero attached hydrogens (tertiary/aromatic N) is 1. The molecule has 0 heterocycles. The minimum Gasteiger partial charge on any atom is -0.497 e. The fourth-order valence-electron chi connectivity index (χ4n) is 1.73. The Balaban J connectivity index is 2.70. The Hall–Kier alpha value is -2.11. The summed E-state index contributed by atoms with van der Waals surface area (Å²) in [7, 11) is 3.24. The number of ether oxygens (including phenoxy) is 2. The number of rotatable bonds is 7. The van der Waals surface area contributed by atoms with E-state index in [1.165, 1.54) is 0 Å². The van der Waals surface area contributed by atoms with Crippen molar-refractivity contribution in [1.29, 1.82) is 0 Å². The zero-order valence-corrected chi connectivity index (χ0v) is 12.4. The molecule has 1 aromatic rings. The van der Waals surface area contributed by atoms with Crippen LogP contribution in [0.2, 0.25) is 0 Å². The molecule has 0 saturated heterocycles. The lowest BCUT2D eigenvalue weighted by Crippen LogP contribution is -2.33. The molecule has 20 heavy (non-hydrogen) atoms. The normalized spacial score (nSPS) is 12.1. The number of oxime groups is 1. The third-order valence-corrected chi connectivity index (χ3v) is 3.27. The van der Waals surface area contributed by atoms with Gasteiger partial charge < -0.3 is 25.7 Å². The van der Waals surface area contributed by atoms with E-state index >= 15 is 0 Å². The van der Waals surface area contributed by atoms with Gasteiger partial charge in [0.2, 0.25) is 0 Å². The van der Waals surface area contributed by atoms with Gasteiger partial charge in [-0.1, -0.05) is 19.0 Å². The molecule has 0 spiro atoms. The first-order chi connectivity index (χ1) is 9.44. The van der Waals surface area contributed by atoms with Gasteiger partial charge in [-0.05, 0) is 18.6 Å². The number of nitrogens with two attached hydrogens (primary N) is 1. The van der Waals surface area contributed by atoms with Crippen molar-refractivity contribution >= 4 is 11.5 Å². The summed E-state index contributed by atoms with van der Waals surface area (Å²) in [6.07, 6.45) is 0.712. The first kappa shape index (κ1) is 15.9. The van der Waals surface area contributed by atoms with Crippen molar-refractivity contribution in [3.05, 3.63) is 18.2 Å². The van der Waals surface area contributed by atoms with Gasteiger partial charge in [-0.3, -0.25) is 0 Å². The van der Waals surface area contributed by atoms with Gasteiger partial charge in [0, 0.05) is 18.0 Å². The Morgan fingerprint density at radius 1 is 1.35 bits per heavy atom. The van der Waals surface area contributed by atoms with E-state index in [1.807, 2.05) is 32.0 Å². The van der Waals surface area contributed by atoms with Gasteiger partial charge >= 0.3 is 0 Å². The molecule has 6 heteroatoms. The molecule has 0 aromatic heterocycles. The van der Waals surface area contributed by atoms with Gasteiger partial charge in [0.05, 0.1) is 19.9 Å². The van der Waals surface area contributed by atoms with E-state index in [0.717, 1.165) is 17.2 Å². The van der Waals surface area contributed by atoms with E-state index in [1.54, 1.807) is 14.2 Å². The second-order valence-corrected chi connectivity index (χ2v) is 5.11. The maximum absolute atomic E-state index is 8.74. The average molecular weight is 281 g/mol. The number of methoxy groups -OCH3 is 2. The molecule has 0 saturated carbocycles. The van der Waals surface area contributed by atoms with Crippen molar-refractivity contribution in [2.75, 3.05) is 26.1 Å². The summed E-state index contributed by atoms with van der Waals surface area (Å²) in [5, 5.41) is 15.1. The Bertz CT molecular complexity index is 473. The fraction of sp³-hybridized carbons (Fsp3) is 0.500. The number of benzene rings is 1. The summed E-state index contributed by atoms with van der Waals surface area (Å²) in [5.41, 5.74) is 6.13. The number of hydrogen-bond donors (Lipinski definition) is 3. The maximum atomic E-state index is 8.74. The first-order valence-corrected chi connectivity index (χ1v) is 6.38. The average Bonchev–Trinajstić information content (AvgIpc) is 2.45. The molecular weight excluding hydrogens is 258 g/mol. The van der Waals surface area contributed by atoms with Crippen LogP contribution in [0.15, 0.2) is 23.4 Å². The third kappa shape index (κ3) is 3.94. The predicted molar refractivity (Wildman–Crippen MR) is 79.8 cm³/mol. The van der Waals surface area contributed by atoms with Crippen molar-refractivity contribution in [2.45, 2.75) is 20.3 Å². The number of nitrogens with one attached hydrogen (secondary N) is 1.